The van der Waals surface area contributed by atoms with Crippen LogP contribution in [0.3, 0.4) is 0 Å². The van der Waals surface area contributed by atoms with Crippen molar-refractivity contribution in [2.24, 2.45) is 5.92 Å². The van der Waals surface area contributed by atoms with Gasteiger partial charge in [-0.15, -0.1) is 0 Å². The van der Waals surface area contributed by atoms with Crippen molar-refractivity contribution in [3.63, 3.8) is 0 Å². The molecule has 0 rings (SSSR count). The minimum absolute atomic E-state index is 0.220. The average Bonchev–Trinajstić information content (AvgIpc) is 2.44. The van der Waals surface area contributed by atoms with Gasteiger partial charge in [-0.2, -0.15) is 0 Å². The van der Waals surface area contributed by atoms with Crippen LogP contribution in [0.2, 0.25) is 0 Å². The highest BCUT2D eigenvalue weighted by molar-refractivity contribution is 5.94. The monoisotopic (exact) mass is 274 g/mol. The molecule has 0 aliphatic rings. The highest BCUT2D eigenvalue weighted by Gasteiger charge is 2.27. The minimum atomic E-state index is -0.851. The van der Waals surface area contributed by atoms with Gasteiger partial charge in [0.05, 0.1) is 21.3 Å². The van der Waals surface area contributed by atoms with Gasteiger partial charge in [0.1, 0.15) is 0 Å². The molecular formula is C13H22O6. The first-order valence-corrected chi connectivity index (χ1v) is 6.29. The molecule has 0 bridgehead atoms. The molecule has 0 aromatic heterocycles. The van der Waals surface area contributed by atoms with E-state index in [1.54, 1.807) is 0 Å². The van der Waals surface area contributed by atoms with E-state index in [0.717, 1.165) is 19.3 Å². The summed E-state index contributed by atoms with van der Waals surface area (Å²) in [7, 11) is 3.85. The van der Waals surface area contributed by atoms with Crippen LogP contribution in [0.15, 0.2) is 0 Å². The maximum absolute atomic E-state index is 11.4. The van der Waals surface area contributed by atoms with Crippen LogP contribution in [0.4, 0.5) is 0 Å². The third kappa shape index (κ3) is 7.43. The fraction of sp³-hybridized carbons (Fsp3) is 0.769. The molecule has 0 amide bonds. The van der Waals surface area contributed by atoms with E-state index in [9.17, 15) is 14.4 Å². The van der Waals surface area contributed by atoms with Gasteiger partial charge in [-0.3, -0.25) is 14.4 Å². The zero-order chi connectivity index (χ0) is 14.7. The van der Waals surface area contributed by atoms with Crippen molar-refractivity contribution < 1.29 is 28.6 Å². The second kappa shape index (κ2) is 10.3. The third-order valence-electron chi connectivity index (χ3n) is 2.82. The molecule has 0 radical (unpaired) electrons. The van der Waals surface area contributed by atoms with E-state index in [-0.39, 0.29) is 5.97 Å². The molecular weight excluding hydrogens is 252 g/mol. The first kappa shape index (κ1) is 17.4. The van der Waals surface area contributed by atoms with E-state index in [1.807, 2.05) is 0 Å². The van der Waals surface area contributed by atoms with Crippen molar-refractivity contribution in [1.29, 1.82) is 0 Å². The van der Waals surface area contributed by atoms with Gasteiger partial charge in [0.25, 0.3) is 0 Å². The molecule has 0 unspecified atom stereocenters. The molecule has 0 aliphatic carbocycles. The van der Waals surface area contributed by atoms with E-state index in [4.69, 9.17) is 0 Å². The maximum Gasteiger partial charge on any atom is 0.320 e. The molecule has 0 saturated heterocycles. The number of esters is 3. The Morgan fingerprint density at radius 3 is 1.79 bits per heavy atom. The Labute approximate surface area is 113 Å². The highest BCUT2D eigenvalue weighted by Crippen LogP contribution is 2.14. The topological polar surface area (TPSA) is 78.9 Å². The van der Waals surface area contributed by atoms with Crippen LogP contribution in [0, 0.1) is 5.92 Å². The van der Waals surface area contributed by atoms with Gasteiger partial charge in [0.15, 0.2) is 5.92 Å². The Morgan fingerprint density at radius 2 is 1.32 bits per heavy atom. The number of hydrogen-bond acceptors (Lipinski definition) is 6. The lowest BCUT2D eigenvalue weighted by molar-refractivity contribution is -0.159. The summed E-state index contributed by atoms with van der Waals surface area (Å²) in [4.78, 5) is 33.6. The Hall–Kier alpha value is -1.59. The van der Waals surface area contributed by atoms with E-state index in [1.165, 1.54) is 21.3 Å². The van der Waals surface area contributed by atoms with Gasteiger partial charge in [-0.1, -0.05) is 19.3 Å². The van der Waals surface area contributed by atoms with Gasteiger partial charge in [-0.25, -0.2) is 0 Å². The van der Waals surface area contributed by atoms with E-state index < -0.39 is 17.9 Å². The van der Waals surface area contributed by atoms with Gasteiger partial charge in [-0.05, 0) is 12.8 Å². The lowest BCUT2D eigenvalue weighted by Gasteiger charge is -2.11. The van der Waals surface area contributed by atoms with Gasteiger partial charge < -0.3 is 14.2 Å². The molecule has 0 heterocycles. The Balaban J connectivity index is 3.85. The molecule has 0 spiro atoms. The molecule has 0 saturated carbocycles. The summed E-state index contributed by atoms with van der Waals surface area (Å²) < 4.78 is 13.6. The van der Waals surface area contributed by atoms with Crippen molar-refractivity contribution in [2.75, 3.05) is 21.3 Å². The molecule has 110 valence electrons. The number of rotatable bonds is 9. The summed E-state index contributed by atoms with van der Waals surface area (Å²) in [6.07, 6.45) is 3.93. The zero-order valence-electron chi connectivity index (χ0n) is 11.8. The van der Waals surface area contributed by atoms with E-state index in [0.29, 0.717) is 19.3 Å². The van der Waals surface area contributed by atoms with Gasteiger partial charge in [0, 0.05) is 6.42 Å². The predicted molar refractivity (Wildman–Crippen MR) is 67.2 cm³/mol. The number of unbranched alkanes of at least 4 members (excludes halogenated alkanes) is 3. The summed E-state index contributed by atoms with van der Waals surface area (Å²) in [6.45, 7) is 0. The smallest absolute Gasteiger partial charge is 0.320 e. The summed E-state index contributed by atoms with van der Waals surface area (Å²) in [5.41, 5.74) is 0. The Morgan fingerprint density at radius 1 is 0.789 bits per heavy atom. The molecule has 0 N–H and O–H groups in total. The fourth-order valence-corrected chi connectivity index (χ4v) is 1.69. The number of methoxy groups -OCH3 is 3. The quantitative estimate of drug-likeness (QED) is 0.274. The molecule has 0 aliphatic heterocycles. The van der Waals surface area contributed by atoms with Crippen LogP contribution < -0.4 is 0 Å². The third-order valence-corrected chi connectivity index (χ3v) is 2.82. The summed E-state index contributed by atoms with van der Waals surface area (Å²) in [5, 5.41) is 0. The average molecular weight is 274 g/mol. The lowest BCUT2D eigenvalue weighted by atomic mass is 10.0. The number of carbonyl (C=O) groups is 3. The van der Waals surface area contributed by atoms with Crippen molar-refractivity contribution in [1.82, 2.24) is 0 Å². The zero-order valence-corrected chi connectivity index (χ0v) is 11.8. The summed E-state index contributed by atoms with van der Waals surface area (Å²) >= 11 is 0. The fourth-order valence-electron chi connectivity index (χ4n) is 1.69. The minimum Gasteiger partial charge on any atom is -0.469 e. The van der Waals surface area contributed by atoms with Gasteiger partial charge in [0.2, 0.25) is 0 Å². The van der Waals surface area contributed by atoms with Crippen molar-refractivity contribution in [3.05, 3.63) is 0 Å². The standard InChI is InChI=1S/C13H22O6/c1-17-11(14)9-7-5-4-6-8-10(12(15)18-2)13(16)19-3/h10H,4-9H2,1-3H3. The molecule has 6 heteroatoms. The molecule has 19 heavy (non-hydrogen) atoms. The second-order valence-electron chi connectivity index (χ2n) is 4.13. The summed E-state index contributed by atoms with van der Waals surface area (Å²) in [5.74, 6) is -2.21. The van der Waals surface area contributed by atoms with Crippen LogP contribution in [0.5, 0.6) is 0 Å². The lowest BCUT2D eigenvalue weighted by Crippen LogP contribution is -2.26. The van der Waals surface area contributed by atoms with Crippen LogP contribution in [0.1, 0.15) is 38.5 Å². The number of hydrogen-bond donors (Lipinski definition) is 0. The van der Waals surface area contributed by atoms with Crippen LogP contribution >= 0.6 is 0 Å². The molecule has 0 fully saturated rings. The number of carbonyl (C=O) groups excluding carboxylic acids is 3. The molecule has 0 atom stereocenters. The van der Waals surface area contributed by atoms with Crippen LogP contribution in [0.25, 0.3) is 0 Å². The predicted octanol–water partition coefficient (Wildman–Crippen LogP) is 1.46. The number of ether oxygens (including phenoxy) is 3. The van der Waals surface area contributed by atoms with Crippen molar-refractivity contribution in [3.8, 4) is 0 Å². The SMILES string of the molecule is COC(=O)CCCCCCC(C(=O)OC)C(=O)OC. The largest absolute Gasteiger partial charge is 0.469 e. The van der Waals surface area contributed by atoms with Crippen molar-refractivity contribution in [2.45, 2.75) is 38.5 Å². The van der Waals surface area contributed by atoms with Crippen LogP contribution in [-0.4, -0.2) is 39.2 Å². The molecule has 0 aromatic rings. The van der Waals surface area contributed by atoms with Gasteiger partial charge >= 0.3 is 17.9 Å². The Kier molecular flexibility index (Phi) is 9.48. The molecule has 0 aromatic carbocycles. The molecule has 6 nitrogen and oxygen atoms in total. The summed E-state index contributed by atoms with van der Waals surface area (Å²) in [6, 6.07) is 0. The second-order valence-corrected chi connectivity index (χ2v) is 4.13. The Bertz CT molecular complexity index is 284. The highest BCUT2D eigenvalue weighted by atomic mass is 16.5. The van der Waals surface area contributed by atoms with E-state index in [2.05, 4.69) is 14.2 Å². The maximum atomic E-state index is 11.4. The van der Waals surface area contributed by atoms with E-state index >= 15 is 0 Å². The first-order valence-electron chi connectivity index (χ1n) is 6.29. The first-order chi connectivity index (χ1) is 9.06. The normalized spacial score (nSPS) is 10.1. The van der Waals surface area contributed by atoms with Crippen molar-refractivity contribution >= 4 is 17.9 Å². The van der Waals surface area contributed by atoms with Crippen LogP contribution in [-0.2, 0) is 28.6 Å².